The van der Waals surface area contributed by atoms with Crippen LogP contribution in [-0.2, 0) is 0 Å². The second kappa shape index (κ2) is 3.98. The Bertz CT molecular complexity index is 549. The summed E-state index contributed by atoms with van der Waals surface area (Å²) in [5.74, 6) is -0.489. The molecule has 0 aliphatic heterocycles. The average molecular weight is 237 g/mol. The van der Waals surface area contributed by atoms with Gasteiger partial charge in [0.05, 0.1) is 6.20 Å². The number of carboxylic acid groups (broad SMARTS) is 1. The molecule has 2 aromatic rings. The highest BCUT2D eigenvalue weighted by molar-refractivity contribution is 6.30. The summed E-state index contributed by atoms with van der Waals surface area (Å²) in [5.41, 5.74) is 1.86. The molecule has 82 valence electrons. The lowest BCUT2D eigenvalue weighted by molar-refractivity contribution is 0.0691. The molecule has 2 rings (SSSR count). The van der Waals surface area contributed by atoms with E-state index in [9.17, 15) is 4.79 Å². The number of rotatable bonds is 2. The van der Waals surface area contributed by atoms with Gasteiger partial charge in [-0.2, -0.15) is 0 Å². The molecule has 0 spiro atoms. The number of aryl methyl sites for hydroxylation is 1. The van der Waals surface area contributed by atoms with E-state index in [0.29, 0.717) is 10.8 Å². The molecular formula is C11H9ClN2O2. The number of nitrogens with zero attached hydrogens (tertiary/aromatic N) is 1. The van der Waals surface area contributed by atoms with Gasteiger partial charge in [-0.1, -0.05) is 11.6 Å². The Hall–Kier alpha value is -1.81. The van der Waals surface area contributed by atoms with Gasteiger partial charge in [0.15, 0.2) is 0 Å². The van der Waals surface area contributed by atoms with E-state index in [4.69, 9.17) is 16.7 Å². The van der Waals surface area contributed by atoms with Gasteiger partial charge in [-0.3, -0.25) is 0 Å². The van der Waals surface area contributed by atoms with Gasteiger partial charge >= 0.3 is 5.97 Å². The summed E-state index contributed by atoms with van der Waals surface area (Å²) in [6, 6.07) is 5.36. The molecule has 0 bridgehead atoms. The molecule has 0 amide bonds. The van der Waals surface area contributed by atoms with Crippen LogP contribution in [0.15, 0.2) is 24.4 Å². The standard InChI is InChI=1S/C11H9ClN2O2/c1-6-4-7(12)2-3-8(6)10-13-5-9(14-10)11(15)16/h2-5H,1H3,(H,13,14)(H,15,16). The molecule has 5 heteroatoms. The Kier molecular flexibility index (Phi) is 2.66. The number of carbonyl (C=O) groups is 1. The van der Waals surface area contributed by atoms with Gasteiger partial charge in [-0.15, -0.1) is 0 Å². The molecule has 0 atom stereocenters. The van der Waals surface area contributed by atoms with E-state index in [1.165, 1.54) is 6.20 Å². The maximum atomic E-state index is 10.7. The van der Waals surface area contributed by atoms with E-state index in [1.54, 1.807) is 12.1 Å². The van der Waals surface area contributed by atoms with Crippen molar-refractivity contribution in [2.24, 2.45) is 0 Å². The highest BCUT2D eigenvalue weighted by atomic mass is 35.5. The van der Waals surface area contributed by atoms with Gasteiger partial charge in [0.1, 0.15) is 11.5 Å². The third kappa shape index (κ3) is 1.92. The van der Waals surface area contributed by atoms with E-state index in [0.717, 1.165) is 11.1 Å². The Balaban J connectivity index is 2.46. The van der Waals surface area contributed by atoms with Crippen molar-refractivity contribution in [3.05, 3.63) is 40.7 Å². The van der Waals surface area contributed by atoms with Gasteiger partial charge in [0.25, 0.3) is 0 Å². The number of nitrogens with one attached hydrogen (secondary N) is 1. The fourth-order valence-corrected chi connectivity index (χ4v) is 1.69. The largest absolute Gasteiger partial charge is 0.477 e. The third-order valence-electron chi connectivity index (χ3n) is 2.25. The van der Waals surface area contributed by atoms with Crippen molar-refractivity contribution >= 4 is 17.6 Å². The van der Waals surface area contributed by atoms with E-state index in [2.05, 4.69) is 9.97 Å². The Morgan fingerprint density at radius 1 is 1.50 bits per heavy atom. The SMILES string of the molecule is Cc1cc(Cl)ccc1-c1ncc(C(=O)O)[nH]1. The number of H-pyrrole nitrogens is 1. The van der Waals surface area contributed by atoms with Crippen LogP contribution < -0.4 is 0 Å². The Morgan fingerprint density at radius 2 is 2.25 bits per heavy atom. The maximum Gasteiger partial charge on any atom is 0.353 e. The van der Waals surface area contributed by atoms with Crippen LogP contribution in [0.3, 0.4) is 0 Å². The maximum absolute atomic E-state index is 10.7. The predicted molar refractivity (Wildman–Crippen MR) is 60.7 cm³/mol. The Labute approximate surface area is 96.9 Å². The molecule has 1 heterocycles. The lowest BCUT2D eigenvalue weighted by Crippen LogP contribution is -1.95. The highest BCUT2D eigenvalue weighted by Gasteiger charge is 2.10. The van der Waals surface area contributed by atoms with Crippen molar-refractivity contribution in [2.75, 3.05) is 0 Å². The average Bonchev–Trinajstić information content (AvgIpc) is 2.66. The molecule has 16 heavy (non-hydrogen) atoms. The van der Waals surface area contributed by atoms with Crippen molar-refractivity contribution in [3.8, 4) is 11.4 Å². The summed E-state index contributed by atoms with van der Waals surface area (Å²) >= 11 is 5.84. The summed E-state index contributed by atoms with van der Waals surface area (Å²) in [5, 5.41) is 9.41. The minimum Gasteiger partial charge on any atom is -0.477 e. The van der Waals surface area contributed by atoms with E-state index >= 15 is 0 Å². The molecule has 0 radical (unpaired) electrons. The van der Waals surface area contributed by atoms with Gasteiger partial charge in [0.2, 0.25) is 0 Å². The van der Waals surface area contributed by atoms with Crippen molar-refractivity contribution < 1.29 is 9.90 Å². The van der Waals surface area contributed by atoms with Crippen molar-refractivity contribution in [1.29, 1.82) is 0 Å². The number of carboxylic acids is 1. The first-order chi connectivity index (χ1) is 7.58. The van der Waals surface area contributed by atoms with Crippen LogP contribution in [0.1, 0.15) is 16.1 Å². The van der Waals surface area contributed by atoms with Crippen molar-refractivity contribution in [2.45, 2.75) is 6.92 Å². The normalized spacial score (nSPS) is 10.4. The highest BCUT2D eigenvalue weighted by Crippen LogP contribution is 2.23. The number of aromatic amines is 1. The van der Waals surface area contributed by atoms with Crippen LogP contribution in [0.25, 0.3) is 11.4 Å². The molecule has 1 aromatic heterocycles. The first-order valence-corrected chi connectivity index (χ1v) is 5.00. The molecule has 0 fully saturated rings. The van der Waals surface area contributed by atoms with Crippen LogP contribution in [0.2, 0.25) is 5.02 Å². The van der Waals surface area contributed by atoms with Crippen LogP contribution in [0.4, 0.5) is 0 Å². The fourth-order valence-electron chi connectivity index (χ4n) is 1.46. The molecule has 2 N–H and O–H groups in total. The van der Waals surface area contributed by atoms with E-state index < -0.39 is 5.97 Å². The fraction of sp³-hybridized carbons (Fsp3) is 0.0909. The summed E-state index contributed by atoms with van der Waals surface area (Å²) in [6.07, 6.45) is 1.30. The smallest absolute Gasteiger partial charge is 0.353 e. The predicted octanol–water partition coefficient (Wildman–Crippen LogP) is 2.74. The summed E-state index contributed by atoms with van der Waals surface area (Å²) in [7, 11) is 0. The van der Waals surface area contributed by atoms with Crippen LogP contribution in [0, 0.1) is 6.92 Å². The lowest BCUT2D eigenvalue weighted by Gasteiger charge is -2.02. The first-order valence-electron chi connectivity index (χ1n) is 4.63. The molecular weight excluding hydrogens is 228 g/mol. The zero-order valence-electron chi connectivity index (χ0n) is 8.49. The van der Waals surface area contributed by atoms with Crippen LogP contribution in [0.5, 0.6) is 0 Å². The van der Waals surface area contributed by atoms with Crippen molar-refractivity contribution in [1.82, 2.24) is 9.97 Å². The van der Waals surface area contributed by atoms with Gasteiger partial charge in [-0.25, -0.2) is 9.78 Å². The minimum absolute atomic E-state index is 0.0735. The molecule has 4 nitrogen and oxygen atoms in total. The van der Waals surface area contributed by atoms with Gasteiger partial charge < -0.3 is 10.1 Å². The second-order valence-electron chi connectivity index (χ2n) is 3.41. The summed E-state index contributed by atoms with van der Waals surface area (Å²) in [6.45, 7) is 1.89. The molecule has 0 aliphatic carbocycles. The van der Waals surface area contributed by atoms with Crippen LogP contribution in [-0.4, -0.2) is 21.0 Å². The van der Waals surface area contributed by atoms with Gasteiger partial charge in [-0.05, 0) is 30.7 Å². The number of hydrogen-bond acceptors (Lipinski definition) is 2. The quantitative estimate of drug-likeness (QED) is 0.843. The molecule has 0 saturated heterocycles. The minimum atomic E-state index is -1.02. The van der Waals surface area contributed by atoms with Crippen molar-refractivity contribution in [3.63, 3.8) is 0 Å². The number of aromatic carboxylic acids is 1. The number of imidazole rings is 1. The van der Waals surface area contributed by atoms with Crippen LogP contribution >= 0.6 is 11.6 Å². The molecule has 0 saturated carbocycles. The van der Waals surface area contributed by atoms with Gasteiger partial charge in [0, 0.05) is 10.6 Å². The molecule has 0 unspecified atom stereocenters. The monoisotopic (exact) mass is 236 g/mol. The molecule has 1 aromatic carbocycles. The molecule has 0 aliphatic rings. The number of benzene rings is 1. The third-order valence-corrected chi connectivity index (χ3v) is 2.48. The van der Waals surface area contributed by atoms with E-state index in [1.807, 2.05) is 13.0 Å². The van der Waals surface area contributed by atoms with E-state index in [-0.39, 0.29) is 5.69 Å². The second-order valence-corrected chi connectivity index (χ2v) is 3.85. The summed E-state index contributed by atoms with van der Waals surface area (Å²) in [4.78, 5) is 17.4. The zero-order valence-corrected chi connectivity index (χ0v) is 9.25. The first kappa shape index (κ1) is 10.7. The number of aromatic nitrogens is 2. The number of halogens is 1. The lowest BCUT2D eigenvalue weighted by atomic mass is 10.1. The summed E-state index contributed by atoms with van der Waals surface area (Å²) < 4.78 is 0. The Morgan fingerprint density at radius 3 is 2.81 bits per heavy atom. The number of hydrogen-bond donors (Lipinski definition) is 2. The zero-order chi connectivity index (χ0) is 11.7. The topological polar surface area (TPSA) is 66.0 Å².